The van der Waals surface area contributed by atoms with Crippen LogP contribution in [0.3, 0.4) is 0 Å². The fourth-order valence-corrected chi connectivity index (χ4v) is 3.69. The largest absolute Gasteiger partial charge is 0.477 e. The third kappa shape index (κ3) is 5.61. The van der Waals surface area contributed by atoms with E-state index in [0.717, 1.165) is 6.20 Å². The molecule has 9 heteroatoms. The second-order valence-electron chi connectivity index (χ2n) is 8.14. The summed E-state index contributed by atoms with van der Waals surface area (Å²) in [4.78, 5) is 51.8. The molecule has 0 unspecified atom stereocenters. The summed E-state index contributed by atoms with van der Waals surface area (Å²) in [6.45, 7) is 1.58. The van der Waals surface area contributed by atoms with Gasteiger partial charge in [-0.05, 0) is 73.2 Å². The average molecular weight is 505 g/mol. The number of hydrogen-bond acceptors (Lipinski definition) is 5. The second kappa shape index (κ2) is 10.5. The van der Waals surface area contributed by atoms with Gasteiger partial charge in [0.1, 0.15) is 17.1 Å². The molecule has 0 radical (unpaired) electrons. The number of ether oxygens (including phenoxy) is 1. The molecule has 0 aliphatic carbocycles. The van der Waals surface area contributed by atoms with Crippen molar-refractivity contribution in [1.29, 1.82) is 0 Å². The van der Waals surface area contributed by atoms with Crippen molar-refractivity contribution in [3.63, 3.8) is 0 Å². The van der Waals surface area contributed by atoms with E-state index in [4.69, 9.17) is 21.4 Å². The number of amides is 1. The maximum atomic E-state index is 12.7. The van der Waals surface area contributed by atoms with E-state index in [2.05, 4.69) is 10.3 Å². The number of rotatable bonds is 8. The topological polar surface area (TPSA) is 126 Å². The van der Waals surface area contributed by atoms with Crippen molar-refractivity contribution in [3.8, 4) is 11.5 Å². The maximum Gasteiger partial charge on any atom is 0.341 e. The van der Waals surface area contributed by atoms with E-state index in [1.54, 1.807) is 67.6 Å². The smallest absolute Gasteiger partial charge is 0.341 e. The molecule has 1 aromatic heterocycles. The monoisotopic (exact) mass is 504 g/mol. The zero-order valence-corrected chi connectivity index (χ0v) is 19.8. The lowest BCUT2D eigenvalue weighted by Gasteiger charge is -2.14. The summed E-state index contributed by atoms with van der Waals surface area (Å²) in [5.74, 6) is -0.882. The first-order chi connectivity index (χ1) is 17.2. The number of aromatic amines is 1. The predicted octanol–water partition coefficient (Wildman–Crippen LogP) is 4.60. The molecule has 0 fully saturated rings. The molecule has 4 rings (SSSR count). The Morgan fingerprint density at radius 2 is 1.64 bits per heavy atom. The molecule has 4 aromatic rings. The Bertz CT molecular complexity index is 1510. The van der Waals surface area contributed by atoms with Crippen LogP contribution in [0, 0.1) is 0 Å². The Morgan fingerprint density at radius 1 is 1.00 bits per heavy atom. The van der Waals surface area contributed by atoms with Crippen molar-refractivity contribution in [3.05, 3.63) is 105 Å². The number of benzene rings is 3. The van der Waals surface area contributed by atoms with E-state index in [1.165, 1.54) is 6.07 Å². The molecule has 0 bridgehead atoms. The van der Waals surface area contributed by atoms with Crippen molar-refractivity contribution in [2.45, 2.75) is 19.4 Å². The van der Waals surface area contributed by atoms with Crippen molar-refractivity contribution in [2.24, 2.45) is 0 Å². The number of nitrogens with one attached hydrogen (secondary N) is 2. The van der Waals surface area contributed by atoms with Gasteiger partial charge in [0.05, 0.1) is 6.04 Å². The minimum Gasteiger partial charge on any atom is -0.477 e. The fraction of sp³-hybridized carbons (Fsp3) is 0.111. The van der Waals surface area contributed by atoms with Crippen molar-refractivity contribution >= 4 is 40.2 Å². The Morgan fingerprint density at radius 3 is 2.28 bits per heavy atom. The summed E-state index contributed by atoms with van der Waals surface area (Å²) >= 11 is 5.87. The number of Topliss-reactive ketones (excluding diaryl/α,β-unsaturated/α-hetero) is 1. The fourth-order valence-electron chi connectivity index (χ4n) is 3.56. The molecule has 8 nitrogen and oxygen atoms in total. The number of carbonyl (C=O) groups is 3. The highest BCUT2D eigenvalue weighted by Gasteiger charge is 2.18. The summed E-state index contributed by atoms with van der Waals surface area (Å²) in [5, 5.41) is 12.6. The van der Waals surface area contributed by atoms with Gasteiger partial charge in [-0.2, -0.15) is 0 Å². The van der Waals surface area contributed by atoms with E-state index < -0.39 is 23.3 Å². The molecule has 1 heterocycles. The van der Waals surface area contributed by atoms with Gasteiger partial charge in [-0.1, -0.05) is 17.7 Å². The molecule has 0 aliphatic rings. The average Bonchev–Trinajstić information content (AvgIpc) is 2.86. The summed E-state index contributed by atoms with van der Waals surface area (Å²) in [6, 6.07) is 17.3. The Kier molecular flexibility index (Phi) is 7.17. The number of H-pyrrole nitrogens is 1. The summed E-state index contributed by atoms with van der Waals surface area (Å²) in [5.41, 5.74) is 0.347. The Labute approximate surface area is 210 Å². The highest BCUT2D eigenvalue weighted by molar-refractivity contribution is 6.30. The van der Waals surface area contributed by atoms with E-state index in [0.29, 0.717) is 33.2 Å². The van der Waals surface area contributed by atoms with Crippen LogP contribution in [0.5, 0.6) is 11.5 Å². The molecule has 3 aromatic carbocycles. The number of pyridine rings is 1. The van der Waals surface area contributed by atoms with Crippen LogP contribution >= 0.6 is 11.6 Å². The molecular formula is C27H21ClN2O6. The molecule has 0 saturated heterocycles. The zero-order chi connectivity index (χ0) is 25.8. The van der Waals surface area contributed by atoms with Crippen LogP contribution in [0.4, 0.5) is 0 Å². The van der Waals surface area contributed by atoms with Gasteiger partial charge in [-0.25, -0.2) is 4.79 Å². The number of carbonyl (C=O) groups excluding carboxylic acids is 2. The molecule has 36 heavy (non-hydrogen) atoms. The molecule has 1 amide bonds. The van der Waals surface area contributed by atoms with E-state index in [-0.39, 0.29) is 23.2 Å². The van der Waals surface area contributed by atoms with Crippen molar-refractivity contribution in [1.82, 2.24) is 10.3 Å². The number of aromatic nitrogens is 1. The number of hydrogen-bond donors (Lipinski definition) is 3. The number of aromatic carboxylic acids is 1. The normalized spacial score (nSPS) is 11.6. The van der Waals surface area contributed by atoms with Crippen molar-refractivity contribution < 1.29 is 24.2 Å². The predicted molar refractivity (Wildman–Crippen MR) is 135 cm³/mol. The molecule has 0 aliphatic heterocycles. The third-order valence-corrected chi connectivity index (χ3v) is 5.80. The SMILES string of the molecule is C[C@H](NC(=O)c1ccc(Oc2ccc(Cl)cc2)cc1)C(=O)Cc1ccc2[nH]cc(C(=O)O)c(=O)c2c1. The van der Waals surface area contributed by atoms with Gasteiger partial charge in [0, 0.05) is 34.1 Å². The first kappa shape index (κ1) is 24.7. The lowest BCUT2D eigenvalue weighted by molar-refractivity contribution is -0.119. The van der Waals surface area contributed by atoms with E-state index in [9.17, 15) is 19.2 Å². The number of carboxylic acid groups (broad SMARTS) is 1. The minimum atomic E-state index is -1.33. The summed E-state index contributed by atoms with van der Waals surface area (Å²) in [7, 11) is 0. The van der Waals surface area contributed by atoms with Crippen LogP contribution in [0.2, 0.25) is 5.02 Å². The Hall–Kier alpha value is -4.43. The molecule has 0 spiro atoms. The Balaban J connectivity index is 1.39. The van der Waals surface area contributed by atoms with Crippen LogP contribution in [-0.4, -0.2) is 33.8 Å². The lowest BCUT2D eigenvalue weighted by Crippen LogP contribution is -2.39. The standard InChI is InChI=1S/C27H21ClN2O6/c1-15(24(31)13-16-2-11-23-21(12-16)25(32)22(14-29-23)27(34)35)30-26(33)17-3-7-19(8-4-17)36-20-9-5-18(28)6-10-20/h2-12,14-15H,13H2,1H3,(H,29,32)(H,30,33)(H,34,35)/t15-/m0/s1. The van der Waals surface area contributed by atoms with Crippen LogP contribution in [0.1, 0.15) is 33.2 Å². The molecule has 182 valence electrons. The van der Waals surface area contributed by atoms with Gasteiger partial charge in [0.15, 0.2) is 5.78 Å². The number of fused-ring (bicyclic) bond motifs is 1. The van der Waals surface area contributed by atoms with Gasteiger partial charge < -0.3 is 20.1 Å². The van der Waals surface area contributed by atoms with E-state index in [1.807, 2.05) is 0 Å². The van der Waals surface area contributed by atoms with Gasteiger partial charge in [-0.3, -0.25) is 14.4 Å². The minimum absolute atomic E-state index is 0.0397. The van der Waals surface area contributed by atoms with Crippen LogP contribution in [0.25, 0.3) is 10.9 Å². The first-order valence-electron chi connectivity index (χ1n) is 11.0. The van der Waals surface area contributed by atoms with Crippen molar-refractivity contribution in [2.75, 3.05) is 0 Å². The highest BCUT2D eigenvalue weighted by Crippen LogP contribution is 2.23. The van der Waals surface area contributed by atoms with E-state index >= 15 is 0 Å². The summed E-state index contributed by atoms with van der Waals surface area (Å²) < 4.78 is 5.71. The van der Waals surface area contributed by atoms with Gasteiger partial charge >= 0.3 is 5.97 Å². The van der Waals surface area contributed by atoms with Crippen LogP contribution < -0.4 is 15.5 Å². The molecule has 3 N–H and O–H groups in total. The van der Waals surface area contributed by atoms with Gasteiger partial charge in [0.25, 0.3) is 5.91 Å². The molecule has 1 atom stereocenters. The second-order valence-corrected chi connectivity index (χ2v) is 8.57. The van der Waals surface area contributed by atoms with Crippen LogP contribution in [0.15, 0.2) is 77.7 Å². The zero-order valence-electron chi connectivity index (χ0n) is 19.1. The third-order valence-electron chi connectivity index (χ3n) is 5.55. The highest BCUT2D eigenvalue weighted by atomic mass is 35.5. The van der Waals surface area contributed by atoms with Gasteiger partial charge in [0.2, 0.25) is 5.43 Å². The van der Waals surface area contributed by atoms with Gasteiger partial charge in [-0.15, -0.1) is 0 Å². The quantitative estimate of drug-likeness (QED) is 0.322. The molecule has 0 saturated carbocycles. The number of carboxylic acids is 1. The summed E-state index contributed by atoms with van der Waals surface area (Å²) in [6.07, 6.45) is 1.10. The maximum absolute atomic E-state index is 12.7. The molecular weight excluding hydrogens is 484 g/mol. The van der Waals surface area contributed by atoms with Crippen LogP contribution in [-0.2, 0) is 11.2 Å². The lowest BCUT2D eigenvalue weighted by atomic mass is 10.0. The number of ketones is 1. The number of halogens is 1. The first-order valence-corrected chi connectivity index (χ1v) is 11.3.